The van der Waals surface area contributed by atoms with Gasteiger partial charge in [-0.25, -0.2) is 31.3 Å². The summed E-state index contributed by atoms with van der Waals surface area (Å²) in [6.45, 7) is -0.843. The third kappa shape index (κ3) is 5.70. The van der Waals surface area contributed by atoms with E-state index in [1.165, 1.54) is 30.5 Å². The number of nitrogens with two attached hydrogens (primary N) is 1. The van der Waals surface area contributed by atoms with Crippen LogP contribution in [0.4, 0.5) is 29.1 Å². The van der Waals surface area contributed by atoms with Crippen LogP contribution in [-0.2, 0) is 10.0 Å². The van der Waals surface area contributed by atoms with Gasteiger partial charge < -0.3 is 15.5 Å². The molecule has 0 saturated carbocycles. The molecular formula is C26H20F4N6O4S. The van der Waals surface area contributed by atoms with Crippen molar-refractivity contribution in [3.05, 3.63) is 89.6 Å². The maximum atomic E-state index is 14.9. The highest BCUT2D eigenvalue weighted by molar-refractivity contribution is 7.92. The number of alkyl halides is 1. The molecule has 212 valence electrons. The van der Waals surface area contributed by atoms with Gasteiger partial charge in [0.25, 0.3) is 5.88 Å². The zero-order chi connectivity index (χ0) is 29.3. The van der Waals surface area contributed by atoms with E-state index in [1.54, 1.807) is 0 Å². The van der Waals surface area contributed by atoms with Crippen molar-refractivity contribution in [1.82, 2.24) is 19.7 Å². The monoisotopic (exact) mass is 588 g/mol. The average molecular weight is 589 g/mol. The number of hydrogen-bond acceptors (Lipinski definition) is 7. The molecule has 0 aliphatic carbocycles. The number of halogens is 4. The lowest BCUT2D eigenvalue weighted by molar-refractivity contribution is 0.103. The van der Waals surface area contributed by atoms with Crippen molar-refractivity contribution in [3.8, 4) is 17.3 Å². The minimum Gasteiger partial charge on any atom is -0.436 e. The van der Waals surface area contributed by atoms with Gasteiger partial charge in [0.1, 0.15) is 23.1 Å². The highest BCUT2D eigenvalue weighted by atomic mass is 32.2. The smallest absolute Gasteiger partial charge is 0.255 e. The quantitative estimate of drug-likeness (QED) is 0.156. The number of ether oxygens (including phenoxy) is 1. The number of nitrogens with zero attached hydrogens (tertiary/aromatic N) is 3. The van der Waals surface area contributed by atoms with E-state index in [-0.39, 0.29) is 57.4 Å². The molecule has 2 aromatic carbocycles. The second kappa shape index (κ2) is 10.9. The molecule has 0 unspecified atom stereocenters. The number of benzene rings is 2. The molecule has 0 bridgehead atoms. The third-order valence-corrected chi connectivity index (χ3v) is 7.26. The number of rotatable bonds is 10. The molecule has 0 saturated heterocycles. The van der Waals surface area contributed by atoms with Gasteiger partial charge in [0.2, 0.25) is 15.8 Å². The van der Waals surface area contributed by atoms with Gasteiger partial charge in [-0.2, -0.15) is 5.10 Å². The standard InChI is InChI=1S/C26H20F4N6O4S/c27-6-2-8-41(38,39)35-21-12-20-14(9-18(21)29)10-22(34-20)24(37)16-13-33-36(25(16)31)23-5-4-15(11-19(23)30)40-26-17(28)3-1-7-32-26/h1,3-5,7,9-13,34-35H,2,6,8,31H2. The Balaban J connectivity index is 1.39. The van der Waals surface area contributed by atoms with E-state index in [9.17, 15) is 30.8 Å². The molecule has 15 heteroatoms. The number of H-pyrrole nitrogens is 1. The third-order valence-electron chi connectivity index (χ3n) is 5.90. The zero-order valence-corrected chi connectivity index (χ0v) is 21.7. The second-order valence-corrected chi connectivity index (χ2v) is 10.6. The highest BCUT2D eigenvalue weighted by Gasteiger charge is 2.22. The van der Waals surface area contributed by atoms with Crippen molar-refractivity contribution in [2.75, 3.05) is 22.9 Å². The molecule has 0 aliphatic rings. The first-order valence-corrected chi connectivity index (χ1v) is 13.6. The average Bonchev–Trinajstić information content (AvgIpc) is 3.51. The molecule has 3 aromatic heterocycles. The molecule has 0 spiro atoms. The Bertz CT molecular complexity index is 1890. The van der Waals surface area contributed by atoms with E-state index in [4.69, 9.17) is 10.5 Å². The van der Waals surface area contributed by atoms with E-state index in [0.29, 0.717) is 0 Å². The van der Waals surface area contributed by atoms with Gasteiger partial charge in [-0.3, -0.25) is 13.9 Å². The lowest BCUT2D eigenvalue weighted by Gasteiger charge is -2.09. The van der Waals surface area contributed by atoms with E-state index < -0.39 is 45.7 Å². The molecule has 3 heterocycles. The number of nitrogen functional groups attached to an aromatic ring is 1. The van der Waals surface area contributed by atoms with Gasteiger partial charge in [-0.05, 0) is 48.9 Å². The van der Waals surface area contributed by atoms with E-state index in [2.05, 4.69) is 19.8 Å². The maximum absolute atomic E-state index is 14.9. The predicted molar refractivity (Wildman–Crippen MR) is 142 cm³/mol. The van der Waals surface area contributed by atoms with Gasteiger partial charge in [0, 0.05) is 23.2 Å². The predicted octanol–water partition coefficient (Wildman–Crippen LogP) is 4.87. The summed E-state index contributed by atoms with van der Waals surface area (Å²) in [6, 6.07) is 9.62. The minimum atomic E-state index is -3.99. The minimum absolute atomic E-state index is 0.0234. The first kappa shape index (κ1) is 27.6. The largest absolute Gasteiger partial charge is 0.436 e. The molecule has 0 fully saturated rings. The number of aromatic nitrogens is 4. The molecule has 0 aliphatic heterocycles. The van der Waals surface area contributed by atoms with Crippen LogP contribution in [0.1, 0.15) is 22.5 Å². The van der Waals surface area contributed by atoms with Crippen LogP contribution in [0.25, 0.3) is 16.6 Å². The number of sulfonamides is 1. The Morgan fingerprint density at radius 2 is 1.88 bits per heavy atom. The summed E-state index contributed by atoms with van der Waals surface area (Å²) >= 11 is 0. The van der Waals surface area contributed by atoms with Gasteiger partial charge >= 0.3 is 0 Å². The van der Waals surface area contributed by atoms with Crippen molar-refractivity contribution in [3.63, 3.8) is 0 Å². The van der Waals surface area contributed by atoms with Gasteiger partial charge in [0.15, 0.2) is 11.6 Å². The van der Waals surface area contributed by atoms with Crippen molar-refractivity contribution < 1.29 is 35.5 Å². The number of pyridine rings is 1. The molecule has 0 amide bonds. The molecular weight excluding hydrogens is 568 g/mol. The van der Waals surface area contributed by atoms with Gasteiger partial charge in [-0.1, -0.05) is 0 Å². The number of anilines is 2. The van der Waals surface area contributed by atoms with Gasteiger partial charge in [0.05, 0.1) is 35.6 Å². The first-order valence-electron chi connectivity index (χ1n) is 11.9. The first-order chi connectivity index (χ1) is 19.6. The Morgan fingerprint density at radius 3 is 2.61 bits per heavy atom. The molecule has 4 N–H and O–H groups in total. The van der Waals surface area contributed by atoms with Crippen LogP contribution < -0.4 is 15.2 Å². The summed E-state index contributed by atoms with van der Waals surface area (Å²) in [5.41, 5.74) is 5.73. The fourth-order valence-electron chi connectivity index (χ4n) is 3.97. The fourth-order valence-corrected chi connectivity index (χ4v) is 5.05. The summed E-state index contributed by atoms with van der Waals surface area (Å²) in [5.74, 6) is -4.24. The van der Waals surface area contributed by atoms with Crippen LogP contribution >= 0.6 is 0 Å². The Hall–Kier alpha value is -4.92. The van der Waals surface area contributed by atoms with Crippen molar-refractivity contribution in [2.45, 2.75) is 6.42 Å². The Kier molecular flexibility index (Phi) is 7.36. The van der Waals surface area contributed by atoms with Crippen LogP contribution in [0, 0.1) is 17.5 Å². The molecule has 5 aromatic rings. The Morgan fingerprint density at radius 1 is 1.07 bits per heavy atom. The molecule has 0 atom stereocenters. The topological polar surface area (TPSA) is 145 Å². The van der Waals surface area contributed by atoms with Crippen molar-refractivity contribution in [2.24, 2.45) is 0 Å². The fraction of sp³-hybridized carbons (Fsp3) is 0.115. The van der Waals surface area contributed by atoms with Crippen molar-refractivity contribution >= 4 is 38.2 Å². The summed E-state index contributed by atoms with van der Waals surface area (Å²) < 4.78 is 88.1. The summed E-state index contributed by atoms with van der Waals surface area (Å²) in [7, 11) is -3.99. The number of hydrogen-bond donors (Lipinski definition) is 3. The van der Waals surface area contributed by atoms with Crippen LogP contribution in [0.3, 0.4) is 0 Å². The lowest BCUT2D eigenvalue weighted by atomic mass is 10.1. The summed E-state index contributed by atoms with van der Waals surface area (Å²) in [5, 5.41) is 4.27. The number of carbonyl (C=O) groups excluding carboxylic acids is 1. The Labute approximate surface area is 229 Å². The molecule has 10 nitrogen and oxygen atoms in total. The number of aromatic amines is 1. The number of carbonyl (C=O) groups is 1. The van der Waals surface area contributed by atoms with Crippen LogP contribution in [0.5, 0.6) is 11.6 Å². The normalized spacial score (nSPS) is 11.6. The number of nitrogens with one attached hydrogen (secondary N) is 2. The van der Waals surface area contributed by atoms with E-state index in [1.807, 2.05) is 0 Å². The number of fused-ring (bicyclic) bond motifs is 1. The molecule has 0 radical (unpaired) electrons. The van der Waals surface area contributed by atoms with Crippen molar-refractivity contribution in [1.29, 1.82) is 0 Å². The second-order valence-electron chi connectivity index (χ2n) is 8.76. The van der Waals surface area contributed by atoms with E-state index in [0.717, 1.165) is 35.1 Å². The summed E-state index contributed by atoms with van der Waals surface area (Å²) in [6.07, 6.45) is 2.19. The van der Waals surface area contributed by atoms with Crippen LogP contribution in [0.15, 0.2) is 60.9 Å². The van der Waals surface area contributed by atoms with Crippen LogP contribution in [0.2, 0.25) is 0 Å². The van der Waals surface area contributed by atoms with E-state index >= 15 is 0 Å². The summed E-state index contributed by atoms with van der Waals surface area (Å²) in [4.78, 5) is 19.7. The molecule has 5 rings (SSSR count). The number of ketones is 1. The van der Waals surface area contributed by atoms with Gasteiger partial charge in [-0.15, -0.1) is 0 Å². The highest BCUT2D eigenvalue weighted by Crippen LogP contribution is 2.29. The zero-order valence-electron chi connectivity index (χ0n) is 20.9. The van der Waals surface area contributed by atoms with Crippen LogP contribution in [-0.4, -0.2) is 46.4 Å². The molecule has 41 heavy (non-hydrogen) atoms. The lowest BCUT2D eigenvalue weighted by Crippen LogP contribution is -2.17. The maximum Gasteiger partial charge on any atom is 0.255 e. The SMILES string of the molecule is Nc1c(C(=O)c2cc3cc(F)c(NS(=O)(=O)CCCF)cc3[nH]2)cnn1-c1ccc(Oc2ncccc2F)cc1F.